The summed E-state index contributed by atoms with van der Waals surface area (Å²) in [6.07, 6.45) is 3.07. The number of carbonyl (C=O) groups excluding carboxylic acids is 1. The Kier molecular flexibility index (Phi) is 13.2. The van der Waals surface area contributed by atoms with E-state index in [1.165, 1.54) is 0 Å². The second-order valence-electron chi connectivity index (χ2n) is 2.79. The SMILES string of the molecule is CC.CCCC(CC)C(=O)NCC. The van der Waals surface area contributed by atoms with E-state index in [0.29, 0.717) is 0 Å². The maximum atomic E-state index is 11.3. The second kappa shape index (κ2) is 11.5. The number of hydrogen-bond acceptors (Lipinski definition) is 1. The fourth-order valence-electron chi connectivity index (χ4n) is 1.19. The van der Waals surface area contributed by atoms with E-state index in [-0.39, 0.29) is 11.8 Å². The molecule has 1 atom stereocenters. The molecule has 0 aromatic rings. The van der Waals surface area contributed by atoms with E-state index < -0.39 is 0 Å². The van der Waals surface area contributed by atoms with Crippen LogP contribution in [0, 0.1) is 5.92 Å². The fraction of sp³-hybridized carbons (Fsp3) is 0.909. The molecule has 1 unspecified atom stereocenters. The van der Waals surface area contributed by atoms with Gasteiger partial charge in [-0.3, -0.25) is 4.79 Å². The van der Waals surface area contributed by atoms with E-state index in [1.54, 1.807) is 0 Å². The van der Waals surface area contributed by atoms with E-state index >= 15 is 0 Å². The van der Waals surface area contributed by atoms with Crippen LogP contribution in [0.15, 0.2) is 0 Å². The smallest absolute Gasteiger partial charge is 0.223 e. The van der Waals surface area contributed by atoms with Crippen molar-refractivity contribution in [1.29, 1.82) is 0 Å². The molecule has 0 aromatic carbocycles. The molecule has 0 spiro atoms. The van der Waals surface area contributed by atoms with Gasteiger partial charge in [0.2, 0.25) is 5.91 Å². The van der Waals surface area contributed by atoms with Crippen molar-refractivity contribution >= 4 is 5.91 Å². The molecule has 0 aliphatic heterocycles. The molecule has 0 rings (SSSR count). The maximum absolute atomic E-state index is 11.3. The van der Waals surface area contributed by atoms with Gasteiger partial charge in [0.15, 0.2) is 0 Å². The highest BCUT2D eigenvalue weighted by atomic mass is 16.1. The Hall–Kier alpha value is -0.530. The molecule has 0 saturated heterocycles. The average molecular weight is 187 g/mol. The van der Waals surface area contributed by atoms with Gasteiger partial charge in [-0.15, -0.1) is 0 Å². The molecule has 0 radical (unpaired) electrons. The van der Waals surface area contributed by atoms with Crippen molar-refractivity contribution in [3.05, 3.63) is 0 Å². The predicted octanol–water partition coefficient (Wildman–Crippen LogP) is 2.98. The zero-order valence-electron chi connectivity index (χ0n) is 9.81. The van der Waals surface area contributed by atoms with E-state index in [2.05, 4.69) is 19.2 Å². The first-order chi connectivity index (χ1) is 6.26. The first-order valence-electron chi connectivity index (χ1n) is 5.53. The molecule has 0 saturated carbocycles. The minimum absolute atomic E-state index is 0.219. The van der Waals surface area contributed by atoms with Gasteiger partial charge in [-0.05, 0) is 19.8 Å². The Morgan fingerprint density at radius 3 is 2.08 bits per heavy atom. The standard InChI is InChI=1S/C9H19NO.C2H6/c1-4-7-8(5-2)9(11)10-6-3;1-2/h8H,4-7H2,1-3H3,(H,10,11);1-2H3. The largest absolute Gasteiger partial charge is 0.356 e. The van der Waals surface area contributed by atoms with Crippen molar-refractivity contribution < 1.29 is 4.79 Å². The molecule has 1 amide bonds. The van der Waals surface area contributed by atoms with E-state index in [9.17, 15) is 4.79 Å². The minimum atomic E-state index is 0.219. The van der Waals surface area contributed by atoms with Gasteiger partial charge in [0.1, 0.15) is 0 Å². The zero-order chi connectivity index (χ0) is 10.7. The topological polar surface area (TPSA) is 29.1 Å². The summed E-state index contributed by atoms with van der Waals surface area (Å²) in [5.74, 6) is 0.455. The maximum Gasteiger partial charge on any atom is 0.223 e. The lowest BCUT2D eigenvalue weighted by atomic mass is 10.00. The first kappa shape index (κ1) is 15.0. The molecule has 2 heteroatoms. The van der Waals surface area contributed by atoms with Crippen LogP contribution in [-0.4, -0.2) is 12.5 Å². The normalized spacial score (nSPS) is 11.2. The lowest BCUT2D eigenvalue weighted by molar-refractivity contribution is -0.125. The summed E-state index contributed by atoms with van der Waals surface area (Å²) in [5, 5.41) is 2.84. The zero-order valence-corrected chi connectivity index (χ0v) is 9.81. The molecule has 0 heterocycles. The Bertz CT molecular complexity index is 113. The summed E-state index contributed by atoms with van der Waals surface area (Å²) >= 11 is 0. The van der Waals surface area contributed by atoms with E-state index in [0.717, 1.165) is 25.8 Å². The molecule has 0 fully saturated rings. The third kappa shape index (κ3) is 7.82. The Morgan fingerprint density at radius 1 is 1.23 bits per heavy atom. The lowest BCUT2D eigenvalue weighted by Crippen LogP contribution is -2.29. The van der Waals surface area contributed by atoms with Crippen LogP contribution in [0.1, 0.15) is 53.9 Å². The van der Waals surface area contributed by atoms with Crippen molar-refractivity contribution in [1.82, 2.24) is 5.32 Å². The van der Waals surface area contributed by atoms with Gasteiger partial charge >= 0.3 is 0 Å². The van der Waals surface area contributed by atoms with Gasteiger partial charge in [-0.25, -0.2) is 0 Å². The molecule has 80 valence electrons. The summed E-state index contributed by atoms with van der Waals surface area (Å²) in [4.78, 5) is 11.3. The summed E-state index contributed by atoms with van der Waals surface area (Å²) in [6.45, 7) is 10.9. The Balaban J connectivity index is 0. The van der Waals surface area contributed by atoms with Gasteiger partial charge in [0.05, 0.1) is 0 Å². The van der Waals surface area contributed by atoms with Crippen LogP contribution >= 0.6 is 0 Å². The highest BCUT2D eigenvalue weighted by Gasteiger charge is 2.13. The van der Waals surface area contributed by atoms with Crippen LogP contribution in [0.25, 0.3) is 0 Å². The van der Waals surface area contributed by atoms with Crippen molar-refractivity contribution in [2.75, 3.05) is 6.54 Å². The van der Waals surface area contributed by atoms with Crippen LogP contribution in [0.3, 0.4) is 0 Å². The van der Waals surface area contributed by atoms with Crippen molar-refractivity contribution in [3.8, 4) is 0 Å². The van der Waals surface area contributed by atoms with Crippen LogP contribution in [-0.2, 0) is 4.79 Å². The third-order valence-corrected chi connectivity index (χ3v) is 1.85. The highest BCUT2D eigenvalue weighted by molar-refractivity contribution is 5.78. The number of amides is 1. The molecule has 13 heavy (non-hydrogen) atoms. The second-order valence-corrected chi connectivity index (χ2v) is 2.79. The first-order valence-corrected chi connectivity index (χ1v) is 5.53. The van der Waals surface area contributed by atoms with Crippen LogP contribution < -0.4 is 5.32 Å². The molecular formula is C11H25NO. The van der Waals surface area contributed by atoms with Crippen LogP contribution in [0.5, 0.6) is 0 Å². The van der Waals surface area contributed by atoms with Crippen LogP contribution in [0.4, 0.5) is 0 Å². The molecule has 0 aliphatic rings. The molecule has 1 N–H and O–H groups in total. The number of hydrogen-bond donors (Lipinski definition) is 1. The lowest BCUT2D eigenvalue weighted by Gasteiger charge is -2.12. The molecule has 0 aliphatic carbocycles. The average Bonchev–Trinajstić information content (AvgIpc) is 2.17. The summed E-state index contributed by atoms with van der Waals surface area (Å²) in [5.41, 5.74) is 0. The van der Waals surface area contributed by atoms with Crippen LogP contribution in [0.2, 0.25) is 0 Å². The van der Waals surface area contributed by atoms with E-state index in [4.69, 9.17) is 0 Å². The van der Waals surface area contributed by atoms with E-state index in [1.807, 2.05) is 20.8 Å². The predicted molar refractivity (Wildman–Crippen MR) is 58.7 cm³/mol. The van der Waals surface area contributed by atoms with Gasteiger partial charge < -0.3 is 5.32 Å². The molecule has 2 nitrogen and oxygen atoms in total. The molecule has 0 bridgehead atoms. The number of carbonyl (C=O) groups is 1. The van der Waals surface area contributed by atoms with Crippen molar-refractivity contribution in [2.45, 2.75) is 53.9 Å². The number of rotatable bonds is 5. The van der Waals surface area contributed by atoms with Crippen molar-refractivity contribution in [2.24, 2.45) is 5.92 Å². The Labute approximate surface area is 83.1 Å². The monoisotopic (exact) mass is 187 g/mol. The van der Waals surface area contributed by atoms with Gasteiger partial charge in [-0.1, -0.05) is 34.1 Å². The van der Waals surface area contributed by atoms with Gasteiger partial charge in [0.25, 0.3) is 0 Å². The highest BCUT2D eigenvalue weighted by Crippen LogP contribution is 2.09. The summed E-state index contributed by atoms with van der Waals surface area (Å²) in [6, 6.07) is 0. The quantitative estimate of drug-likeness (QED) is 0.704. The summed E-state index contributed by atoms with van der Waals surface area (Å²) < 4.78 is 0. The Morgan fingerprint density at radius 2 is 1.77 bits per heavy atom. The third-order valence-electron chi connectivity index (χ3n) is 1.85. The molecule has 0 aromatic heterocycles. The van der Waals surface area contributed by atoms with Crippen molar-refractivity contribution in [3.63, 3.8) is 0 Å². The van der Waals surface area contributed by atoms with Gasteiger partial charge in [-0.2, -0.15) is 0 Å². The fourth-order valence-corrected chi connectivity index (χ4v) is 1.19. The number of nitrogens with one attached hydrogen (secondary N) is 1. The van der Waals surface area contributed by atoms with Gasteiger partial charge in [0, 0.05) is 12.5 Å². The summed E-state index contributed by atoms with van der Waals surface area (Å²) in [7, 11) is 0. The minimum Gasteiger partial charge on any atom is -0.356 e. The molecular weight excluding hydrogens is 162 g/mol.